The minimum absolute atomic E-state index is 0.0235. The van der Waals surface area contributed by atoms with Gasteiger partial charge in [-0.3, -0.25) is 4.79 Å². The molecule has 21 heavy (non-hydrogen) atoms. The molecule has 1 amide bonds. The van der Waals surface area contributed by atoms with Gasteiger partial charge in [0.15, 0.2) is 0 Å². The van der Waals surface area contributed by atoms with E-state index in [0.717, 1.165) is 34.9 Å². The number of hydrogen-bond donors (Lipinski definition) is 2. The molecule has 0 aliphatic carbocycles. The van der Waals surface area contributed by atoms with Crippen molar-refractivity contribution in [1.29, 1.82) is 0 Å². The molecule has 112 valence electrons. The number of nitrogen functional groups attached to an aromatic ring is 1. The van der Waals surface area contributed by atoms with E-state index in [4.69, 9.17) is 5.73 Å². The van der Waals surface area contributed by atoms with Gasteiger partial charge in [-0.2, -0.15) is 0 Å². The predicted molar refractivity (Wildman–Crippen MR) is 86.7 cm³/mol. The van der Waals surface area contributed by atoms with Crippen LogP contribution in [0.5, 0.6) is 0 Å². The Morgan fingerprint density at radius 3 is 3.05 bits per heavy atom. The Kier molecular flexibility index (Phi) is 3.87. The molecule has 1 fully saturated rings. The van der Waals surface area contributed by atoms with E-state index in [0.29, 0.717) is 17.1 Å². The van der Waals surface area contributed by atoms with Crippen LogP contribution in [-0.4, -0.2) is 35.1 Å². The number of carbonyl (C=O) groups excluding carboxylic acids is 1. The third-order valence-electron chi connectivity index (χ3n) is 4.17. The molecule has 1 aliphatic rings. The molecule has 3 rings (SSSR count). The molecule has 2 aromatic rings. The summed E-state index contributed by atoms with van der Waals surface area (Å²) >= 11 is 1.45. The highest BCUT2D eigenvalue weighted by Crippen LogP contribution is 2.36. The average Bonchev–Trinajstić information content (AvgIpc) is 2.83. The molecule has 3 N–H and O–H groups in total. The maximum absolute atomic E-state index is 12.8. The molecular formula is C16H20N2O2S. The van der Waals surface area contributed by atoms with E-state index in [9.17, 15) is 9.90 Å². The van der Waals surface area contributed by atoms with E-state index >= 15 is 0 Å². The number of likely N-dealkylation sites (tertiary alicyclic amines) is 1. The number of aryl methyl sites for hydroxylation is 1. The first-order chi connectivity index (χ1) is 10.1. The Balaban J connectivity index is 1.99. The van der Waals surface area contributed by atoms with Gasteiger partial charge in [-0.1, -0.05) is 11.6 Å². The minimum Gasteiger partial charge on any atom is -0.397 e. The molecule has 4 nitrogen and oxygen atoms in total. The van der Waals surface area contributed by atoms with E-state index in [-0.39, 0.29) is 18.6 Å². The number of aliphatic hydroxyl groups is 1. The number of rotatable bonds is 2. The maximum atomic E-state index is 12.8. The fourth-order valence-corrected chi connectivity index (χ4v) is 4.04. The fraction of sp³-hybridized carbons (Fsp3) is 0.438. The van der Waals surface area contributed by atoms with Gasteiger partial charge in [-0.25, -0.2) is 0 Å². The number of hydrogen-bond acceptors (Lipinski definition) is 4. The highest BCUT2D eigenvalue weighted by molar-refractivity contribution is 7.21. The van der Waals surface area contributed by atoms with Gasteiger partial charge in [0.1, 0.15) is 4.88 Å². The van der Waals surface area contributed by atoms with Crippen molar-refractivity contribution in [2.75, 3.05) is 18.9 Å². The molecule has 1 atom stereocenters. The largest absolute Gasteiger partial charge is 0.397 e. The van der Waals surface area contributed by atoms with E-state index in [1.807, 2.05) is 25.1 Å². The standard InChI is InChI=1S/C16H20N2O2S/c1-10-5-6-13-12(8-10)14(17)15(21-13)16(20)18-7-3-2-4-11(18)9-19/h5-6,8,11,19H,2-4,7,9,17H2,1H3. The molecule has 0 bridgehead atoms. The van der Waals surface area contributed by atoms with Crippen molar-refractivity contribution in [1.82, 2.24) is 4.90 Å². The number of benzene rings is 1. The van der Waals surface area contributed by atoms with Crippen LogP contribution in [0, 0.1) is 6.92 Å². The molecule has 1 aromatic heterocycles. The molecule has 1 aromatic carbocycles. The summed E-state index contributed by atoms with van der Waals surface area (Å²) in [6.07, 6.45) is 2.92. The van der Waals surface area contributed by atoms with E-state index in [2.05, 4.69) is 0 Å². The van der Waals surface area contributed by atoms with Crippen LogP contribution in [0.3, 0.4) is 0 Å². The van der Waals surface area contributed by atoms with Crippen LogP contribution in [0.1, 0.15) is 34.5 Å². The summed E-state index contributed by atoms with van der Waals surface area (Å²) in [4.78, 5) is 15.2. The fourth-order valence-electron chi connectivity index (χ4n) is 2.98. The Morgan fingerprint density at radius 1 is 1.48 bits per heavy atom. The van der Waals surface area contributed by atoms with Crippen molar-refractivity contribution >= 4 is 33.0 Å². The van der Waals surface area contributed by atoms with Gasteiger partial charge in [0.2, 0.25) is 0 Å². The lowest BCUT2D eigenvalue weighted by molar-refractivity contribution is 0.0509. The number of nitrogens with zero attached hydrogens (tertiary/aromatic N) is 1. The number of anilines is 1. The summed E-state index contributed by atoms with van der Waals surface area (Å²) in [7, 11) is 0. The molecule has 0 radical (unpaired) electrons. The van der Waals surface area contributed by atoms with Crippen molar-refractivity contribution in [3.8, 4) is 0 Å². The van der Waals surface area contributed by atoms with Crippen molar-refractivity contribution in [2.45, 2.75) is 32.2 Å². The molecule has 1 saturated heterocycles. The summed E-state index contributed by atoms with van der Waals surface area (Å²) in [5.74, 6) is -0.0369. The first-order valence-electron chi connectivity index (χ1n) is 7.32. The van der Waals surface area contributed by atoms with Crippen molar-refractivity contribution in [3.63, 3.8) is 0 Å². The van der Waals surface area contributed by atoms with Gasteiger partial charge in [0, 0.05) is 16.6 Å². The Morgan fingerprint density at radius 2 is 2.29 bits per heavy atom. The number of piperidine rings is 1. The molecule has 0 saturated carbocycles. The highest BCUT2D eigenvalue weighted by atomic mass is 32.1. The molecule has 2 heterocycles. The maximum Gasteiger partial charge on any atom is 0.266 e. The molecular weight excluding hydrogens is 284 g/mol. The monoisotopic (exact) mass is 304 g/mol. The number of amides is 1. The Bertz CT molecular complexity index is 680. The van der Waals surface area contributed by atoms with E-state index < -0.39 is 0 Å². The Hall–Kier alpha value is -1.59. The van der Waals surface area contributed by atoms with Gasteiger partial charge in [-0.15, -0.1) is 11.3 Å². The normalized spacial score (nSPS) is 19.1. The second kappa shape index (κ2) is 5.66. The van der Waals surface area contributed by atoms with Gasteiger partial charge in [0.25, 0.3) is 5.91 Å². The number of fused-ring (bicyclic) bond motifs is 1. The van der Waals surface area contributed by atoms with E-state index in [1.165, 1.54) is 11.3 Å². The summed E-state index contributed by atoms with van der Waals surface area (Å²) < 4.78 is 1.04. The van der Waals surface area contributed by atoms with Gasteiger partial charge < -0.3 is 15.7 Å². The second-order valence-electron chi connectivity index (χ2n) is 5.68. The molecule has 0 spiro atoms. The lowest BCUT2D eigenvalue weighted by Gasteiger charge is -2.34. The molecule has 1 unspecified atom stereocenters. The Labute approximate surface area is 128 Å². The smallest absolute Gasteiger partial charge is 0.266 e. The first kappa shape index (κ1) is 14.4. The summed E-state index contributed by atoms with van der Waals surface area (Å²) in [5, 5.41) is 10.4. The molecule has 5 heteroatoms. The first-order valence-corrected chi connectivity index (χ1v) is 8.14. The van der Waals surface area contributed by atoms with Crippen LogP contribution in [-0.2, 0) is 0 Å². The SMILES string of the molecule is Cc1ccc2sc(C(=O)N3CCCCC3CO)c(N)c2c1. The van der Waals surface area contributed by atoms with Crippen molar-refractivity contribution in [3.05, 3.63) is 28.6 Å². The quantitative estimate of drug-likeness (QED) is 0.896. The summed E-state index contributed by atoms with van der Waals surface area (Å²) in [6, 6.07) is 6.00. The molecule has 1 aliphatic heterocycles. The van der Waals surface area contributed by atoms with Crippen molar-refractivity contribution in [2.24, 2.45) is 0 Å². The third kappa shape index (κ3) is 2.51. The lowest BCUT2D eigenvalue weighted by atomic mass is 10.0. The van der Waals surface area contributed by atoms with Crippen LogP contribution in [0.25, 0.3) is 10.1 Å². The minimum atomic E-state index is -0.0717. The van der Waals surface area contributed by atoms with Gasteiger partial charge in [0.05, 0.1) is 18.3 Å². The average molecular weight is 304 g/mol. The van der Waals surface area contributed by atoms with Gasteiger partial charge >= 0.3 is 0 Å². The third-order valence-corrected chi connectivity index (χ3v) is 5.35. The number of aliphatic hydroxyl groups excluding tert-OH is 1. The van der Waals surface area contributed by atoms with E-state index in [1.54, 1.807) is 4.90 Å². The highest BCUT2D eigenvalue weighted by Gasteiger charge is 2.29. The zero-order chi connectivity index (χ0) is 15.0. The number of nitrogens with two attached hydrogens (primary N) is 1. The van der Waals surface area contributed by atoms with Crippen LogP contribution < -0.4 is 5.73 Å². The summed E-state index contributed by atoms with van der Waals surface area (Å²) in [6.45, 7) is 2.75. The predicted octanol–water partition coefficient (Wildman–Crippen LogP) is 2.78. The van der Waals surface area contributed by atoms with Gasteiger partial charge in [-0.05, 0) is 38.3 Å². The lowest BCUT2D eigenvalue weighted by Crippen LogP contribution is -2.45. The zero-order valence-electron chi connectivity index (χ0n) is 12.1. The van der Waals surface area contributed by atoms with Crippen molar-refractivity contribution < 1.29 is 9.90 Å². The second-order valence-corrected chi connectivity index (χ2v) is 6.73. The number of carbonyl (C=O) groups is 1. The number of thiophene rings is 1. The van der Waals surface area contributed by atoms with Crippen LogP contribution in [0.15, 0.2) is 18.2 Å². The van der Waals surface area contributed by atoms with Crippen LogP contribution in [0.4, 0.5) is 5.69 Å². The van der Waals surface area contributed by atoms with Crippen LogP contribution in [0.2, 0.25) is 0 Å². The topological polar surface area (TPSA) is 66.6 Å². The van der Waals surface area contributed by atoms with Crippen LogP contribution >= 0.6 is 11.3 Å². The summed E-state index contributed by atoms with van der Waals surface area (Å²) in [5.41, 5.74) is 7.91. The zero-order valence-corrected chi connectivity index (χ0v) is 12.9.